The summed E-state index contributed by atoms with van der Waals surface area (Å²) in [6.45, 7) is 0.903. The van der Waals surface area contributed by atoms with Gasteiger partial charge in [-0.3, -0.25) is 4.48 Å². The van der Waals surface area contributed by atoms with Gasteiger partial charge in [-0.2, -0.15) is 0 Å². The Morgan fingerprint density at radius 3 is 2.25 bits per heavy atom. The minimum absolute atomic E-state index is 0.0278. The molecule has 8 heavy (non-hydrogen) atoms. The van der Waals surface area contributed by atoms with E-state index in [0.29, 0.717) is 0 Å². The Morgan fingerprint density at radius 1 is 1.62 bits per heavy atom. The first-order chi connectivity index (χ1) is 3.67. The normalized spacial score (nSPS) is 32.6. The molecule has 1 fully saturated rings. The maximum Gasteiger partial charge on any atom is 0.276 e. The van der Waals surface area contributed by atoms with Gasteiger partial charge < -0.3 is 0 Å². The van der Waals surface area contributed by atoms with E-state index >= 15 is 0 Å². The molecule has 0 spiro atoms. The van der Waals surface area contributed by atoms with Crippen molar-refractivity contribution in [1.82, 2.24) is 0 Å². The summed E-state index contributed by atoms with van der Waals surface area (Å²) >= 11 is 0. The van der Waals surface area contributed by atoms with Gasteiger partial charge in [0.2, 0.25) is 0 Å². The van der Waals surface area contributed by atoms with Crippen LogP contribution in [0.2, 0.25) is 0 Å². The van der Waals surface area contributed by atoms with Gasteiger partial charge in [-0.05, 0) is 0 Å². The minimum atomic E-state index is 0.0278. The molecular weight excluding hydrogens is 110 g/mol. The highest BCUT2D eigenvalue weighted by Crippen LogP contribution is 2.24. The topological polar surface area (TPSA) is 38.7 Å². The van der Waals surface area contributed by atoms with Gasteiger partial charge in [0, 0.05) is 0 Å². The summed E-state index contributed by atoms with van der Waals surface area (Å²) < 4.78 is 0.764. The van der Waals surface area contributed by atoms with Gasteiger partial charge in [-0.15, -0.1) is 4.89 Å². The molecule has 4 heteroatoms. The van der Waals surface area contributed by atoms with Crippen molar-refractivity contribution in [2.75, 3.05) is 20.6 Å². The van der Waals surface area contributed by atoms with Gasteiger partial charge in [-0.1, -0.05) is 5.04 Å². The molecule has 48 valence electrons. The predicted molar refractivity (Wildman–Crippen MR) is 25.6 cm³/mol. The minimum Gasteiger partial charge on any atom is -0.289 e. The van der Waals surface area contributed by atoms with Crippen LogP contribution in [0.3, 0.4) is 0 Å². The molecule has 0 saturated carbocycles. The Kier molecular flexibility index (Phi) is 1.24. The summed E-state index contributed by atoms with van der Waals surface area (Å²) in [5.74, 6) is 0. The monoisotopic (exact) mass is 120 g/mol. The molecule has 4 nitrogen and oxygen atoms in total. The summed E-state index contributed by atoms with van der Waals surface area (Å²) in [5.41, 5.74) is 0. The van der Waals surface area contributed by atoms with Crippen LogP contribution >= 0.6 is 0 Å². The fourth-order valence-corrected chi connectivity index (χ4v) is 0.552. The van der Waals surface area contributed by atoms with E-state index in [4.69, 9.17) is 5.26 Å². The molecule has 1 atom stereocenters. The average Bonchev–Trinajstić information content (AvgIpc) is 2.15. The van der Waals surface area contributed by atoms with Crippen LogP contribution in [-0.2, 0) is 9.93 Å². The highest BCUT2D eigenvalue weighted by molar-refractivity contribution is 4.54. The van der Waals surface area contributed by atoms with E-state index in [0.717, 1.165) is 11.0 Å². The van der Waals surface area contributed by atoms with Gasteiger partial charge >= 0.3 is 0 Å². The van der Waals surface area contributed by atoms with E-state index in [9.17, 15) is 0 Å². The van der Waals surface area contributed by atoms with Crippen LogP contribution in [0, 0.1) is 0 Å². The van der Waals surface area contributed by atoms with Crippen molar-refractivity contribution < 1.29 is 19.7 Å². The molecule has 0 amide bonds. The summed E-state index contributed by atoms with van der Waals surface area (Å²) in [6, 6.07) is 0. The van der Waals surface area contributed by atoms with Crippen molar-refractivity contribution >= 4 is 0 Å². The van der Waals surface area contributed by atoms with Gasteiger partial charge in [0.05, 0.1) is 14.1 Å². The lowest BCUT2D eigenvalue weighted by Gasteiger charge is -2.01. The lowest BCUT2D eigenvalue weighted by atomic mass is 10.9. The second-order valence-electron chi connectivity index (χ2n) is 2.59. The lowest BCUT2D eigenvalue weighted by molar-refractivity contribution is -0.803. The molecule has 1 aliphatic heterocycles. The zero-order valence-corrected chi connectivity index (χ0v) is 5.00. The van der Waals surface area contributed by atoms with E-state index in [-0.39, 0.29) is 6.23 Å². The van der Waals surface area contributed by atoms with Gasteiger partial charge in [0.15, 0.2) is 6.54 Å². The van der Waals surface area contributed by atoms with Crippen molar-refractivity contribution in [2.45, 2.75) is 6.23 Å². The van der Waals surface area contributed by atoms with Crippen molar-refractivity contribution in [3.05, 3.63) is 0 Å². The third-order valence-corrected chi connectivity index (χ3v) is 1.43. The quantitative estimate of drug-likeness (QED) is 0.238. The Morgan fingerprint density at radius 2 is 2.12 bits per heavy atom. The van der Waals surface area contributed by atoms with Crippen molar-refractivity contribution in [1.29, 1.82) is 0 Å². The summed E-state index contributed by atoms with van der Waals surface area (Å²) in [7, 11) is 3.98. The zero-order valence-electron chi connectivity index (χ0n) is 5.00. The highest BCUT2D eigenvalue weighted by Gasteiger charge is 2.50. The third-order valence-electron chi connectivity index (χ3n) is 1.43. The smallest absolute Gasteiger partial charge is 0.276 e. The van der Waals surface area contributed by atoms with E-state index in [1.165, 1.54) is 0 Å². The fourth-order valence-electron chi connectivity index (χ4n) is 0.552. The zero-order chi connectivity index (χ0) is 6.20. The molecule has 0 aromatic carbocycles. The van der Waals surface area contributed by atoms with Crippen molar-refractivity contribution in [3.8, 4) is 0 Å². The third kappa shape index (κ3) is 0.976. The summed E-state index contributed by atoms with van der Waals surface area (Å²) in [4.78, 5) is 4.40. The maximum absolute atomic E-state index is 7.78. The second-order valence-corrected chi connectivity index (χ2v) is 2.59. The molecule has 0 radical (unpaired) electrons. The molecular formula is C4H10NO3+. The molecule has 1 aliphatic rings. The number of quaternary nitrogens is 1. The molecule has 1 rings (SSSR count). The first kappa shape index (κ1) is 5.97. The standard InChI is InChI=1S/C4H9NO3/c1-5(2)3-4(5)7-8-6/h4H,3H2,1-2H3/p+1. The second kappa shape index (κ2) is 1.66. The molecule has 0 aromatic heterocycles. The van der Waals surface area contributed by atoms with Gasteiger partial charge in [0.1, 0.15) is 0 Å². The molecule has 0 bridgehead atoms. The largest absolute Gasteiger partial charge is 0.289 e. The maximum atomic E-state index is 7.78. The summed E-state index contributed by atoms with van der Waals surface area (Å²) in [5, 5.41) is 11.3. The Hall–Kier alpha value is -0.160. The van der Waals surface area contributed by atoms with Crippen LogP contribution in [0.4, 0.5) is 0 Å². The first-order valence-electron chi connectivity index (χ1n) is 2.46. The SMILES string of the molecule is C[N+]1(C)CC1OOO. The van der Waals surface area contributed by atoms with Crippen LogP contribution < -0.4 is 0 Å². The Bertz CT molecular complexity index is 93.3. The highest BCUT2D eigenvalue weighted by atomic mass is 17.5. The molecule has 1 N–H and O–H groups in total. The number of hydrogen-bond acceptors (Lipinski definition) is 3. The average molecular weight is 120 g/mol. The van der Waals surface area contributed by atoms with Crippen LogP contribution in [0.1, 0.15) is 0 Å². The van der Waals surface area contributed by atoms with E-state index in [2.05, 4.69) is 9.93 Å². The van der Waals surface area contributed by atoms with Crippen LogP contribution in [0.15, 0.2) is 0 Å². The number of nitrogens with zero attached hydrogens (tertiary/aromatic N) is 1. The molecule has 1 saturated heterocycles. The van der Waals surface area contributed by atoms with Gasteiger partial charge in [0.25, 0.3) is 6.23 Å². The van der Waals surface area contributed by atoms with E-state index in [1.54, 1.807) is 0 Å². The van der Waals surface area contributed by atoms with Crippen LogP contribution in [0.5, 0.6) is 0 Å². The van der Waals surface area contributed by atoms with Crippen LogP contribution in [0.25, 0.3) is 0 Å². The number of hydrogen-bond donors (Lipinski definition) is 1. The predicted octanol–water partition coefficient (Wildman–Crippen LogP) is -0.176. The number of rotatable bonds is 2. The lowest BCUT2D eigenvalue weighted by Crippen LogP contribution is -2.17. The van der Waals surface area contributed by atoms with Crippen molar-refractivity contribution in [3.63, 3.8) is 0 Å². The Balaban J connectivity index is 2.17. The summed E-state index contributed by atoms with van der Waals surface area (Å²) in [6.07, 6.45) is 0.0278. The molecule has 0 aromatic rings. The number of likely N-dealkylation sites (N-methyl/N-ethyl adjacent to an activating group) is 1. The van der Waals surface area contributed by atoms with Gasteiger partial charge in [-0.25, -0.2) is 5.26 Å². The van der Waals surface area contributed by atoms with E-state index in [1.807, 2.05) is 14.1 Å². The van der Waals surface area contributed by atoms with E-state index < -0.39 is 0 Å². The molecule has 1 unspecified atom stereocenters. The van der Waals surface area contributed by atoms with Crippen LogP contribution in [-0.4, -0.2) is 36.6 Å². The molecule has 0 aliphatic carbocycles. The first-order valence-corrected chi connectivity index (χ1v) is 2.46. The fraction of sp³-hybridized carbons (Fsp3) is 1.00. The van der Waals surface area contributed by atoms with Crippen molar-refractivity contribution in [2.24, 2.45) is 0 Å². The Labute approximate surface area is 47.7 Å². The molecule has 1 heterocycles.